The highest BCUT2D eigenvalue weighted by Crippen LogP contribution is 2.25. The van der Waals surface area contributed by atoms with Crippen molar-refractivity contribution in [3.63, 3.8) is 0 Å². The summed E-state index contributed by atoms with van der Waals surface area (Å²) in [6.45, 7) is 4.30. The van der Waals surface area contributed by atoms with E-state index >= 15 is 0 Å². The van der Waals surface area contributed by atoms with Crippen molar-refractivity contribution < 1.29 is 14.0 Å². The van der Waals surface area contributed by atoms with Crippen LogP contribution in [0.2, 0.25) is 0 Å². The Morgan fingerprint density at radius 1 is 0.805 bits per heavy atom. The molecule has 0 aliphatic carbocycles. The van der Waals surface area contributed by atoms with Crippen LogP contribution in [0.3, 0.4) is 0 Å². The van der Waals surface area contributed by atoms with Crippen molar-refractivity contribution in [3.8, 4) is 28.1 Å². The number of rotatable bonds is 9. The van der Waals surface area contributed by atoms with Gasteiger partial charge in [-0.3, -0.25) is 9.59 Å². The second-order valence-corrected chi connectivity index (χ2v) is 10.2. The first-order chi connectivity index (χ1) is 19.9. The molecule has 2 amide bonds. The molecule has 6 nitrogen and oxygen atoms in total. The first kappa shape index (κ1) is 27.5. The number of aromatic nitrogens is 2. The number of carbonyl (C=O) groups excluding carboxylic acids is 2. The van der Waals surface area contributed by atoms with Crippen molar-refractivity contribution in [2.45, 2.75) is 13.8 Å². The van der Waals surface area contributed by atoms with Gasteiger partial charge in [-0.1, -0.05) is 86.6 Å². The third-order valence-electron chi connectivity index (χ3n) is 6.56. The van der Waals surface area contributed by atoms with E-state index in [0.717, 1.165) is 16.7 Å². The fraction of sp³-hybridized carbons (Fsp3) is 0.147. The third kappa shape index (κ3) is 6.76. The van der Waals surface area contributed by atoms with E-state index in [0.29, 0.717) is 29.3 Å². The summed E-state index contributed by atoms with van der Waals surface area (Å²) in [5.41, 5.74) is 4.72. The molecule has 0 spiro atoms. The molecule has 1 heterocycles. The largest absolute Gasteiger partial charge is 0.329 e. The molecule has 1 N–H and O–H groups in total. The quantitative estimate of drug-likeness (QED) is 0.215. The van der Waals surface area contributed by atoms with E-state index in [1.165, 1.54) is 12.1 Å². The van der Waals surface area contributed by atoms with Crippen molar-refractivity contribution in [2.24, 2.45) is 5.92 Å². The van der Waals surface area contributed by atoms with Crippen LogP contribution in [0.25, 0.3) is 28.1 Å². The van der Waals surface area contributed by atoms with E-state index < -0.39 is 0 Å². The standard InChI is InChI=1S/C34H31FN4O2/c1-24(2)22-38(34(41)28-15-13-26(14-16-28)25-9-5-3-6-10-25)23-33(40)36-32-21-31(27-11-7-4-8-12-27)37-39(32)30-19-17-29(35)18-20-30/h3-21,24H,22-23H2,1-2H3,(H,36,40). The van der Waals surface area contributed by atoms with E-state index in [1.807, 2.05) is 86.6 Å². The van der Waals surface area contributed by atoms with Crippen molar-refractivity contribution in [2.75, 3.05) is 18.4 Å². The predicted octanol–water partition coefficient (Wildman–Crippen LogP) is 7.08. The van der Waals surface area contributed by atoms with E-state index in [-0.39, 0.29) is 30.1 Å². The lowest BCUT2D eigenvalue weighted by molar-refractivity contribution is -0.117. The Morgan fingerprint density at radius 2 is 1.39 bits per heavy atom. The number of halogens is 1. The molecule has 0 saturated carbocycles. The Kier molecular flexibility index (Phi) is 8.34. The number of anilines is 1. The Labute approximate surface area is 239 Å². The molecular formula is C34H31FN4O2. The van der Waals surface area contributed by atoms with Crippen LogP contribution in [-0.4, -0.2) is 39.6 Å². The zero-order valence-electron chi connectivity index (χ0n) is 23.0. The molecule has 0 fully saturated rings. The first-order valence-corrected chi connectivity index (χ1v) is 13.5. The average Bonchev–Trinajstić information content (AvgIpc) is 3.41. The van der Waals surface area contributed by atoms with Gasteiger partial charge in [-0.2, -0.15) is 5.10 Å². The normalized spacial score (nSPS) is 10.9. The molecule has 5 aromatic rings. The molecule has 4 aromatic carbocycles. The molecule has 0 radical (unpaired) electrons. The van der Waals surface area contributed by atoms with Gasteiger partial charge >= 0.3 is 0 Å². The van der Waals surface area contributed by atoms with Crippen LogP contribution in [0.1, 0.15) is 24.2 Å². The van der Waals surface area contributed by atoms with Gasteiger partial charge in [0.1, 0.15) is 18.2 Å². The highest BCUT2D eigenvalue weighted by atomic mass is 19.1. The molecule has 5 rings (SSSR count). The number of carbonyl (C=O) groups is 2. The summed E-state index contributed by atoms with van der Waals surface area (Å²) in [4.78, 5) is 28.4. The molecule has 0 saturated heterocycles. The highest BCUT2D eigenvalue weighted by molar-refractivity contribution is 5.99. The number of hydrogen-bond acceptors (Lipinski definition) is 3. The highest BCUT2D eigenvalue weighted by Gasteiger charge is 2.22. The Bertz CT molecular complexity index is 1610. The van der Waals surface area contributed by atoms with Crippen LogP contribution in [0.15, 0.2) is 115 Å². The Hall–Kier alpha value is -5.04. The topological polar surface area (TPSA) is 67.2 Å². The van der Waals surface area contributed by atoms with E-state index in [1.54, 1.807) is 39.9 Å². The van der Waals surface area contributed by atoms with Gasteiger partial charge in [-0.15, -0.1) is 0 Å². The molecule has 0 unspecified atom stereocenters. The summed E-state index contributed by atoms with van der Waals surface area (Å²) in [6.07, 6.45) is 0. The lowest BCUT2D eigenvalue weighted by Crippen LogP contribution is -2.40. The number of hydrogen-bond donors (Lipinski definition) is 1. The van der Waals surface area contributed by atoms with Crippen LogP contribution in [0, 0.1) is 11.7 Å². The zero-order chi connectivity index (χ0) is 28.8. The average molecular weight is 547 g/mol. The molecule has 206 valence electrons. The summed E-state index contributed by atoms with van der Waals surface area (Å²) < 4.78 is 15.2. The summed E-state index contributed by atoms with van der Waals surface area (Å²) in [7, 11) is 0. The summed E-state index contributed by atoms with van der Waals surface area (Å²) in [5, 5.41) is 7.60. The summed E-state index contributed by atoms with van der Waals surface area (Å²) in [6, 6.07) is 34.6. The number of nitrogens with zero attached hydrogens (tertiary/aromatic N) is 3. The molecule has 0 aliphatic heterocycles. The molecule has 0 bridgehead atoms. The van der Waals surface area contributed by atoms with Crippen molar-refractivity contribution in [1.29, 1.82) is 0 Å². The van der Waals surface area contributed by atoms with Gasteiger partial charge in [0, 0.05) is 23.7 Å². The Morgan fingerprint density at radius 3 is 2.00 bits per heavy atom. The lowest BCUT2D eigenvalue weighted by atomic mass is 10.0. The minimum absolute atomic E-state index is 0.132. The van der Waals surface area contributed by atoms with Gasteiger partial charge in [-0.05, 0) is 53.4 Å². The fourth-order valence-electron chi connectivity index (χ4n) is 4.63. The fourth-order valence-corrected chi connectivity index (χ4v) is 4.63. The maximum Gasteiger partial charge on any atom is 0.254 e. The van der Waals surface area contributed by atoms with Gasteiger partial charge in [0.25, 0.3) is 5.91 Å². The van der Waals surface area contributed by atoms with Crippen LogP contribution in [-0.2, 0) is 4.79 Å². The van der Waals surface area contributed by atoms with E-state index in [4.69, 9.17) is 0 Å². The molecule has 1 aromatic heterocycles. The smallest absolute Gasteiger partial charge is 0.254 e. The predicted molar refractivity (Wildman–Crippen MR) is 160 cm³/mol. The number of benzene rings is 4. The number of nitrogens with one attached hydrogen (secondary N) is 1. The monoisotopic (exact) mass is 546 g/mol. The van der Waals surface area contributed by atoms with Gasteiger partial charge in [0.2, 0.25) is 5.91 Å². The maximum absolute atomic E-state index is 13.6. The molecular weight excluding hydrogens is 515 g/mol. The maximum atomic E-state index is 13.6. The minimum Gasteiger partial charge on any atom is -0.329 e. The van der Waals surface area contributed by atoms with Crippen LogP contribution in [0.5, 0.6) is 0 Å². The molecule has 41 heavy (non-hydrogen) atoms. The third-order valence-corrected chi connectivity index (χ3v) is 6.56. The van der Waals surface area contributed by atoms with Crippen LogP contribution < -0.4 is 5.32 Å². The van der Waals surface area contributed by atoms with Crippen LogP contribution >= 0.6 is 0 Å². The van der Waals surface area contributed by atoms with Crippen molar-refractivity contribution >= 4 is 17.6 Å². The van der Waals surface area contributed by atoms with Gasteiger partial charge in [0.15, 0.2) is 0 Å². The second kappa shape index (κ2) is 12.4. The van der Waals surface area contributed by atoms with Crippen molar-refractivity contribution in [3.05, 3.63) is 127 Å². The van der Waals surface area contributed by atoms with E-state index in [9.17, 15) is 14.0 Å². The van der Waals surface area contributed by atoms with Gasteiger partial charge in [0.05, 0.1) is 11.4 Å². The first-order valence-electron chi connectivity index (χ1n) is 13.5. The molecule has 0 atom stereocenters. The van der Waals surface area contributed by atoms with Gasteiger partial charge in [-0.25, -0.2) is 9.07 Å². The zero-order valence-corrected chi connectivity index (χ0v) is 23.0. The van der Waals surface area contributed by atoms with Crippen LogP contribution in [0.4, 0.5) is 10.2 Å². The Balaban J connectivity index is 1.37. The summed E-state index contributed by atoms with van der Waals surface area (Å²) in [5.74, 6) is -0.364. The van der Waals surface area contributed by atoms with E-state index in [2.05, 4.69) is 10.4 Å². The minimum atomic E-state index is -0.366. The van der Waals surface area contributed by atoms with Gasteiger partial charge < -0.3 is 10.2 Å². The summed E-state index contributed by atoms with van der Waals surface area (Å²) >= 11 is 0. The molecule has 7 heteroatoms. The lowest BCUT2D eigenvalue weighted by Gasteiger charge is -2.24. The molecule has 0 aliphatic rings. The number of amides is 2. The van der Waals surface area contributed by atoms with Crippen molar-refractivity contribution in [1.82, 2.24) is 14.7 Å². The SMILES string of the molecule is CC(C)CN(CC(=O)Nc1cc(-c2ccccc2)nn1-c1ccc(F)cc1)C(=O)c1ccc(-c2ccccc2)cc1. The second-order valence-electron chi connectivity index (χ2n) is 10.2.